The molecule has 1 nitrogen and oxygen atoms in total. The zero-order valence-electron chi connectivity index (χ0n) is 51.2. The number of hydrogen-bond donors (Lipinski definition) is 0. The summed E-state index contributed by atoms with van der Waals surface area (Å²) in [5.41, 5.74) is 18.8. The number of rotatable bonds is 11. The Balaban J connectivity index is 0.000000133. The molecule has 17 radical (unpaired) electrons. The van der Waals surface area contributed by atoms with E-state index in [1.165, 1.54) is 126 Å². The van der Waals surface area contributed by atoms with E-state index in [0.717, 1.165) is 42.2 Å². The van der Waals surface area contributed by atoms with E-state index in [4.69, 9.17) is 61.9 Å². The number of nitrogens with zero attached hydrogens (tertiary/aromatic N) is 1. The minimum Gasteiger partial charge on any atom is -0.308 e. The smallest absolute Gasteiger partial charge is 0.141 e. The summed E-state index contributed by atoms with van der Waals surface area (Å²) < 4.78 is 23.7. The van der Waals surface area contributed by atoms with Gasteiger partial charge in [0.2, 0.25) is 0 Å². The Morgan fingerprint density at radius 3 is 1.40 bits per heavy atom. The Kier molecular flexibility index (Phi) is 21.4. The van der Waals surface area contributed by atoms with Crippen molar-refractivity contribution in [2.45, 2.75) is 13.8 Å². The average molecular weight is 1360 g/mol. The predicted octanol–water partition coefficient (Wildman–Crippen LogP) is 17.7. The van der Waals surface area contributed by atoms with Gasteiger partial charge in [-0.25, -0.2) is 4.39 Å². The lowest BCUT2D eigenvalue weighted by atomic mass is 8.46. The zero-order valence-corrected chi connectivity index (χ0v) is 56.0. The number of para-hydroxylation sites is 1. The van der Waals surface area contributed by atoms with Crippen LogP contribution in [0.4, 0.5) is 4.39 Å². The Hall–Kier alpha value is -7.26. The highest BCUT2D eigenvalue weighted by Crippen LogP contribution is 2.47. The van der Waals surface area contributed by atoms with Gasteiger partial charge < -0.3 is 4.57 Å². The minimum atomic E-state index is -0.754. The van der Waals surface area contributed by atoms with Crippen LogP contribution in [0.1, 0.15) is 18.6 Å². The summed E-state index contributed by atoms with van der Waals surface area (Å²) in [6, 6.07) is 93.8. The van der Waals surface area contributed by atoms with Crippen molar-refractivity contribution in [3.05, 3.63) is 293 Å². The average Bonchev–Trinajstić information content (AvgIpc) is 1.58. The molecule has 0 N–H and O–H groups in total. The summed E-state index contributed by atoms with van der Waals surface area (Å²) in [7, 11) is 45.8. The van der Waals surface area contributed by atoms with E-state index in [1.807, 2.05) is 47.7 Å². The summed E-state index contributed by atoms with van der Waals surface area (Å²) in [6.45, 7) is 0. The molecule has 3 aromatic heterocycles. The van der Waals surface area contributed by atoms with Crippen molar-refractivity contribution in [1.29, 1.82) is 0 Å². The van der Waals surface area contributed by atoms with E-state index >= 15 is 0 Å². The zero-order chi connectivity index (χ0) is 65.1. The van der Waals surface area contributed by atoms with Gasteiger partial charge in [0, 0.05) is 158 Å². The van der Waals surface area contributed by atoms with E-state index in [0.29, 0.717) is 0 Å². The Morgan fingerprint density at radius 2 is 0.821 bits per heavy atom. The van der Waals surface area contributed by atoms with Gasteiger partial charge in [0.25, 0.3) is 0 Å². The summed E-state index contributed by atoms with van der Waals surface area (Å²) in [4.78, 5) is 0. The molecule has 3 heterocycles. The topological polar surface area (TPSA) is 4.93 Å². The van der Waals surface area contributed by atoms with Crippen LogP contribution in [0.3, 0.4) is 0 Å². The van der Waals surface area contributed by atoms with E-state index in [1.54, 1.807) is 6.07 Å². The molecule has 15 aromatic rings. The van der Waals surface area contributed by atoms with Gasteiger partial charge in [-0.05, 0) is 122 Å². The molecule has 1 aliphatic rings. The van der Waals surface area contributed by atoms with Crippen molar-refractivity contribution in [2.75, 3.05) is 0 Å². The van der Waals surface area contributed by atoms with Gasteiger partial charge >= 0.3 is 0 Å². The third kappa shape index (κ3) is 13.8. The van der Waals surface area contributed by atoms with E-state index in [-0.39, 0.29) is 13.2 Å². The van der Waals surface area contributed by atoms with Crippen LogP contribution in [0, 0.1) is 5.82 Å². The molecule has 12 aromatic carbocycles. The quantitative estimate of drug-likeness (QED) is 0.114. The first-order valence-corrected chi connectivity index (χ1v) is 34.2. The molecule has 0 bridgehead atoms. The molecule has 429 valence electrons. The lowest BCUT2D eigenvalue weighted by molar-refractivity contribution is 0.642. The van der Waals surface area contributed by atoms with Crippen molar-refractivity contribution < 1.29 is 4.39 Å². The van der Waals surface area contributed by atoms with Crippen LogP contribution in [-0.4, -0.2) is 112 Å². The van der Waals surface area contributed by atoms with Crippen LogP contribution < -0.4 is 0 Å². The number of hydrogen-bond acceptors (Lipinski definition) is 2. The van der Waals surface area contributed by atoms with Crippen LogP contribution in [0.2, 0.25) is 0 Å². The maximum atomic E-state index is 14.4. The van der Waals surface area contributed by atoms with Crippen molar-refractivity contribution in [3.8, 4) is 61.3 Å². The fraction of sp³-hybridized carbons (Fsp3) is 0.0270. The summed E-state index contributed by atoms with van der Waals surface area (Å²) >= 11 is 10.9. The normalized spacial score (nSPS) is 11.1. The largest absolute Gasteiger partial charge is 0.308 e. The van der Waals surface area contributed by atoms with Crippen molar-refractivity contribution in [3.63, 3.8) is 0 Å². The Morgan fingerprint density at radius 1 is 0.379 bits per heavy atom. The molecule has 0 aliphatic heterocycles. The third-order valence-electron chi connectivity index (χ3n) is 17.7. The van der Waals surface area contributed by atoms with Crippen LogP contribution in [0.25, 0.3) is 123 Å². The predicted molar refractivity (Wildman–Crippen MR) is 438 cm³/mol. The number of halogens is 3. The number of benzene rings is 12. The lowest BCUT2D eigenvalue weighted by Gasteiger charge is -2.35. The second-order valence-electron chi connectivity index (χ2n) is 23.5. The van der Waals surface area contributed by atoms with Gasteiger partial charge in [0.1, 0.15) is 5.82 Å². The Labute approximate surface area is 595 Å². The molecule has 21 heteroatoms. The standard InChI is InChI=1S/C36H22BrNS.C24H15FS.C13H9Br.CH4.B15/c37-29-13-8-15-31-35(29)27-11-4-6-14-30(27)38(31)32-22-21-26(34-28-12-5-7-16-33(28)39-36(32)34)25-19-17-24(18-20-25)23-9-2-1-3-10-23;25-21-15-14-19(23-20-8-4-5-9-22(20)26-24(21)23)18-12-10-17(11-13-18)16-6-2-1-3-7-16;14-12-7-3-5-10-8-9-4-1-2-6-11(9)13(10)12;;1-9-13(8)15(12(6)7)14(10(2)3)11(4)5/h1-22H;1-15H;1-7H,8H2;1H4;. The molecule has 0 atom stereocenters. The molecular weight excluding hydrogens is 1310 g/mol. The van der Waals surface area contributed by atoms with Crippen LogP contribution in [0.15, 0.2) is 276 Å². The maximum Gasteiger partial charge on any atom is 0.141 e. The van der Waals surface area contributed by atoms with Crippen LogP contribution in [0.5, 0.6) is 0 Å². The maximum absolute atomic E-state index is 14.4. The molecule has 0 unspecified atom stereocenters. The first-order chi connectivity index (χ1) is 45.8. The van der Waals surface area contributed by atoms with Gasteiger partial charge in [0.05, 0.1) is 26.1 Å². The monoisotopic (exact) mass is 1360 g/mol. The highest BCUT2D eigenvalue weighted by Gasteiger charge is 2.37. The first kappa shape index (κ1) is 67.7. The molecule has 0 saturated heterocycles. The minimum absolute atomic E-state index is 0. The SMILES string of the molecule is Brc1cccc2c1-c1ccccc1C2.Brc1cccc2c1c1ccccc1n2-c1ccc(-c2ccc(-c3ccccc3)cc2)c2c1sc1ccccc12.C.Fc1ccc(-c2ccc(-c3ccccc3)cc2)c2c1sc1ccccc12.[B][B]B([B])B(B([B])[B])B(B([B])[B])B([B])[B]. The fourth-order valence-corrected chi connectivity index (χ4v) is 16.8. The van der Waals surface area contributed by atoms with Gasteiger partial charge in [-0.15, -0.1) is 22.7 Å². The van der Waals surface area contributed by atoms with Gasteiger partial charge in [-0.3, -0.25) is 0 Å². The number of fused-ring (bicyclic) bond motifs is 12. The van der Waals surface area contributed by atoms with Crippen molar-refractivity contribution in [1.82, 2.24) is 4.57 Å². The van der Waals surface area contributed by atoms with E-state index in [9.17, 15) is 4.39 Å². The molecular formula is C74H50B15Br2FNS2. The highest BCUT2D eigenvalue weighted by atomic mass is 79.9. The van der Waals surface area contributed by atoms with Crippen LogP contribution in [-0.2, 0) is 6.42 Å². The van der Waals surface area contributed by atoms with E-state index in [2.05, 4.69) is 261 Å². The molecule has 95 heavy (non-hydrogen) atoms. The van der Waals surface area contributed by atoms with Gasteiger partial charge in [-0.1, -0.05) is 258 Å². The first-order valence-electron chi connectivity index (χ1n) is 31.0. The summed E-state index contributed by atoms with van der Waals surface area (Å²) in [6.07, 6.45) is -2.69. The Bertz CT molecular complexity index is 5180. The number of aromatic nitrogens is 1. The molecule has 1 aliphatic carbocycles. The van der Waals surface area contributed by atoms with Crippen LogP contribution >= 0.6 is 54.5 Å². The number of thiophene rings is 2. The second kappa shape index (κ2) is 30.0. The van der Waals surface area contributed by atoms with Gasteiger partial charge in [-0.2, -0.15) is 0 Å². The second-order valence-corrected chi connectivity index (χ2v) is 27.3. The molecule has 16 rings (SSSR count). The van der Waals surface area contributed by atoms with Crippen molar-refractivity contribution >= 4 is 224 Å². The lowest BCUT2D eigenvalue weighted by Crippen LogP contribution is -2.73. The molecule has 0 fully saturated rings. The highest BCUT2D eigenvalue weighted by molar-refractivity contribution is 9.11. The fourth-order valence-electron chi connectivity index (χ4n) is 13.3. The molecule has 0 saturated carbocycles. The molecule has 0 amide bonds. The van der Waals surface area contributed by atoms with Gasteiger partial charge in [0.15, 0.2) is 0 Å². The third-order valence-corrected chi connectivity index (χ3v) is 21.4. The summed E-state index contributed by atoms with van der Waals surface area (Å²) in [5, 5.41) is 7.27. The molecule has 0 spiro atoms. The van der Waals surface area contributed by atoms with Crippen molar-refractivity contribution in [2.24, 2.45) is 0 Å². The van der Waals surface area contributed by atoms with E-state index < -0.39 is 38.3 Å². The summed E-state index contributed by atoms with van der Waals surface area (Å²) in [5.74, 6) is -0.147.